The van der Waals surface area contributed by atoms with Gasteiger partial charge in [0.05, 0.1) is 17.6 Å². The SMILES string of the molecule is COC(=O)/C=C\CNC(=O)C1(F)CCN(S(=O)(=O)c2ccc(C(F)(F)F)cc2-c2ccccc2Cl)CC1. The third-order valence-electron chi connectivity index (χ3n) is 5.85. The highest BCUT2D eigenvalue weighted by atomic mass is 35.5. The number of piperidine rings is 1. The molecule has 0 aromatic heterocycles. The molecule has 37 heavy (non-hydrogen) atoms. The summed E-state index contributed by atoms with van der Waals surface area (Å²) in [7, 11) is -3.21. The summed E-state index contributed by atoms with van der Waals surface area (Å²) in [4.78, 5) is 23.0. The third kappa shape index (κ3) is 6.49. The minimum absolute atomic E-state index is 0.0533. The van der Waals surface area contributed by atoms with E-state index in [1.807, 2.05) is 0 Å². The van der Waals surface area contributed by atoms with Crippen molar-refractivity contribution >= 4 is 33.5 Å². The number of nitrogens with one attached hydrogen (secondary N) is 1. The number of hydrogen-bond donors (Lipinski definition) is 1. The minimum atomic E-state index is -4.73. The van der Waals surface area contributed by atoms with Crippen molar-refractivity contribution in [3.63, 3.8) is 0 Å². The molecule has 2 aromatic carbocycles. The second-order valence-electron chi connectivity index (χ2n) is 8.19. The summed E-state index contributed by atoms with van der Waals surface area (Å²) in [6.45, 7) is -0.908. The monoisotopic (exact) mass is 562 g/mol. The van der Waals surface area contributed by atoms with Crippen LogP contribution >= 0.6 is 11.6 Å². The van der Waals surface area contributed by atoms with Crippen LogP contribution in [0.15, 0.2) is 59.5 Å². The van der Waals surface area contributed by atoms with E-state index in [9.17, 15) is 31.2 Å². The highest BCUT2D eigenvalue weighted by Crippen LogP contribution is 2.40. The van der Waals surface area contributed by atoms with Crippen molar-refractivity contribution in [3.8, 4) is 11.1 Å². The predicted octanol–water partition coefficient (Wildman–Crippen LogP) is 4.36. The zero-order valence-electron chi connectivity index (χ0n) is 19.5. The summed E-state index contributed by atoms with van der Waals surface area (Å²) < 4.78 is 87.7. The standard InChI is InChI=1S/C24H23ClF4N2O5S/c1-36-21(32)7-4-12-30-22(33)23(26)10-13-31(14-11-23)37(34,35)20-9-8-16(24(27,28)29)15-18(20)17-5-2-3-6-19(17)25/h2-9,15H,10-14H2,1H3,(H,30,33)/b7-4-. The molecule has 0 saturated carbocycles. The number of ether oxygens (including phenoxy) is 1. The van der Waals surface area contributed by atoms with Gasteiger partial charge in [0.15, 0.2) is 5.67 Å². The molecule has 1 aliphatic rings. The molecule has 1 N–H and O–H groups in total. The van der Waals surface area contributed by atoms with E-state index in [4.69, 9.17) is 11.6 Å². The largest absolute Gasteiger partial charge is 0.466 e. The molecule has 0 bridgehead atoms. The van der Waals surface area contributed by atoms with Gasteiger partial charge in [0.2, 0.25) is 10.0 Å². The van der Waals surface area contributed by atoms with Crippen LogP contribution in [0, 0.1) is 0 Å². The minimum Gasteiger partial charge on any atom is -0.466 e. The summed E-state index contributed by atoms with van der Waals surface area (Å²) in [5.41, 5.74) is -3.57. The third-order valence-corrected chi connectivity index (χ3v) is 8.13. The highest BCUT2D eigenvalue weighted by Gasteiger charge is 2.44. The van der Waals surface area contributed by atoms with Gasteiger partial charge in [-0.25, -0.2) is 17.6 Å². The molecule has 1 amide bonds. The predicted molar refractivity (Wildman–Crippen MR) is 128 cm³/mol. The van der Waals surface area contributed by atoms with Crippen molar-refractivity contribution in [2.24, 2.45) is 0 Å². The number of esters is 1. The van der Waals surface area contributed by atoms with E-state index in [1.54, 1.807) is 6.07 Å². The van der Waals surface area contributed by atoms with Crippen LogP contribution in [0.25, 0.3) is 11.1 Å². The van der Waals surface area contributed by atoms with Gasteiger partial charge in [-0.15, -0.1) is 0 Å². The van der Waals surface area contributed by atoms with Crippen LogP contribution in [-0.4, -0.2) is 57.0 Å². The lowest BCUT2D eigenvalue weighted by molar-refractivity contribution is -0.137. The summed E-state index contributed by atoms with van der Waals surface area (Å²) in [6, 6.07) is 8.11. The fourth-order valence-electron chi connectivity index (χ4n) is 3.80. The van der Waals surface area contributed by atoms with Crippen molar-refractivity contribution in [2.45, 2.75) is 29.6 Å². The number of benzene rings is 2. The first-order chi connectivity index (χ1) is 17.3. The Morgan fingerprint density at radius 1 is 1.14 bits per heavy atom. The number of sulfonamides is 1. The van der Waals surface area contributed by atoms with Gasteiger partial charge in [0.1, 0.15) is 0 Å². The van der Waals surface area contributed by atoms with E-state index in [0.29, 0.717) is 12.1 Å². The van der Waals surface area contributed by atoms with E-state index in [2.05, 4.69) is 10.1 Å². The Bertz CT molecular complexity index is 1310. The van der Waals surface area contributed by atoms with Crippen LogP contribution < -0.4 is 5.32 Å². The highest BCUT2D eigenvalue weighted by molar-refractivity contribution is 7.89. The Balaban J connectivity index is 1.84. The molecule has 1 fully saturated rings. The lowest BCUT2D eigenvalue weighted by Crippen LogP contribution is -2.52. The van der Waals surface area contributed by atoms with E-state index >= 15 is 4.39 Å². The van der Waals surface area contributed by atoms with Crippen molar-refractivity contribution in [2.75, 3.05) is 26.7 Å². The van der Waals surface area contributed by atoms with E-state index in [-0.39, 0.29) is 35.8 Å². The number of amides is 1. The number of nitrogens with zero attached hydrogens (tertiary/aromatic N) is 1. The van der Waals surface area contributed by atoms with Crippen molar-refractivity contribution in [1.82, 2.24) is 9.62 Å². The van der Waals surface area contributed by atoms with Crippen LogP contribution in [0.1, 0.15) is 18.4 Å². The Hall–Kier alpha value is -2.96. The fourth-order valence-corrected chi connectivity index (χ4v) is 5.67. The smallest absolute Gasteiger partial charge is 0.416 e. The summed E-state index contributed by atoms with van der Waals surface area (Å²) in [6.07, 6.45) is -3.34. The second-order valence-corrected chi connectivity index (χ2v) is 10.5. The van der Waals surface area contributed by atoms with E-state index in [1.165, 1.54) is 31.4 Å². The Morgan fingerprint density at radius 2 is 1.78 bits per heavy atom. The van der Waals surface area contributed by atoms with Gasteiger partial charge in [0, 0.05) is 54.7 Å². The van der Waals surface area contributed by atoms with Crippen LogP contribution in [0.5, 0.6) is 0 Å². The quantitative estimate of drug-likeness (QED) is 0.307. The first-order valence-electron chi connectivity index (χ1n) is 11.0. The number of halogens is 5. The Labute approximate surface area is 216 Å². The van der Waals surface area contributed by atoms with E-state index in [0.717, 1.165) is 16.4 Å². The maximum absolute atomic E-state index is 15.3. The normalized spacial score (nSPS) is 16.5. The van der Waals surface area contributed by atoms with Crippen molar-refractivity contribution in [1.29, 1.82) is 0 Å². The maximum atomic E-state index is 15.3. The molecule has 7 nitrogen and oxygen atoms in total. The zero-order valence-corrected chi connectivity index (χ0v) is 21.1. The van der Waals surface area contributed by atoms with Crippen LogP contribution in [-0.2, 0) is 30.5 Å². The van der Waals surface area contributed by atoms with Crippen LogP contribution in [0.3, 0.4) is 0 Å². The Kier molecular flexibility index (Phi) is 8.66. The maximum Gasteiger partial charge on any atom is 0.416 e. The lowest BCUT2D eigenvalue weighted by Gasteiger charge is -2.35. The van der Waals surface area contributed by atoms with Gasteiger partial charge < -0.3 is 10.1 Å². The van der Waals surface area contributed by atoms with Gasteiger partial charge in [-0.2, -0.15) is 17.5 Å². The molecule has 200 valence electrons. The molecule has 0 radical (unpaired) electrons. The first kappa shape index (κ1) is 28.6. The molecule has 0 spiro atoms. The molecule has 13 heteroatoms. The van der Waals surface area contributed by atoms with Gasteiger partial charge in [0.25, 0.3) is 5.91 Å². The molecule has 3 rings (SSSR count). The molecular formula is C24H23ClF4N2O5S. The van der Waals surface area contributed by atoms with Crippen molar-refractivity contribution in [3.05, 3.63) is 65.2 Å². The molecule has 1 aliphatic heterocycles. The summed E-state index contributed by atoms with van der Waals surface area (Å²) >= 11 is 6.17. The van der Waals surface area contributed by atoms with Gasteiger partial charge >= 0.3 is 12.1 Å². The molecule has 0 unspecified atom stereocenters. The lowest BCUT2D eigenvalue weighted by atomic mass is 9.93. The molecule has 1 heterocycles. The number of rotatable bonds is 7. The summed E-state index contributed by atoms with van der Waals surface area (Å²) in [5, 5.41) is 2.37. The van der Waals surface area contributed by atoms with E-state index < -0.39 is 57.0 Å². The first-order valence-corrected chi connectivity index (χ1v) is 12.8. The molecule has 0 atom stereocenters. The number of methoxy groups -OCH3 is 1. The molecule has 0 aliphatic carbocycles. The van der Waals surface area contributed by atoms with Crippen LogP contribution in [0.4, 0.5) is 17.6 Å². The number of alkyl halides is 4. The number of carbonyl (C=O) groups excluding carboxylic acids is 2. The second kappa shape index (κ2) is 11.2. The van der Waals surface area contributed by atoms with Gasteiger partial charge in [-0.1, -0.05) is 35.9 Å². The van der Waals surface area contributed by atoms with Crippen LogP contribution in [0.2, 0.25) is 5.02 Å². The summed E-state index contributed by atoms with van der Waals surface area (Å²) in [5.74, 6) is -1.62. The average Bonchev–Trinajstić information content (AvgIpc) is 2.86. The fraction of sp³-hybridized carbons (Fsp3) is 0.333. The topological polar surface area (TPSA) is 92.8 Å². The Morgan fingerprint density at radius 3 is 2.38 bits per heavy atom. The number of hydrogen-bond acceptors (Lipinski definition) is 5. The molecule has 1 saturated heterocycles. The number of carbonyl (C=O) groups is 2. The molecular weight excluding hydrogens is 540 g/mol. The molecule has 2 aromatic rings. The van der Waals surface area contributed by atoms with Gasteiger partial charge in [-0.05, 0) is 24.3 Å². The van der Waals surface area contributed by atoms with Gasteiger partial charge in [-0.3, -0.25) is 4.79 Å². The zero-order chi connectivity index (χ0) is 27.4. The van der Waals surface area contributed by atoms with Crippen molar-refractivity contribution < 1.29 is 40.3 Å². The average molecular weight is 563 g/mol.